The molecule has 0 saturated heterocycles. The van der Waals surface area contributed by atoms with Gasteiger partial charge in [-0.15, -0.1) is 0 Å². The largest absolute Gasteiger partial charge is 0.494 e. The minimum absolute atomic E-state index is 0.126. The fourth-order valence-electron chi connectivity index (χ4n) is 2.48. The Labute approximate surface area is 154 Å². The van der Waals surface area contributed by atoms with Crippen molar-refractivity contribution in [2.75, 3.05) is 12.0 Å². The summed E-state index contributed by atoms with van der Waals surface area (Å²) in [6.07, 6.45) is 9.00. The lowest BCUT2D eigenvalue weighted by Gasteiger charge is -2.06. The van der Waals surface area contributed by atoms with Crippen LogP contribution in [0.25, 0.3) is 0 Å². The number of hydrogen-bond acceptors (Lipinski definition) is 3. The Kier molecular flexibility index (Phi) is 8.60. The van der Waals surface area contributed by atoms with Crippen LogP contribution in [0.3, 0.4) is 0 Å². The maximum Gasteiger partial charge on any atom is 0.151 e. The Morgan fingerprint density at radius 3 is 2.42 bits per heavy atom. The van der Waals surface area contributed by atoms with Crippen LogP contribution in [-0.2, 0) is 0 Å². The summed E-state index contributed by atoms with van der Waals surface area (Å²) in [6, 6.07) is 10.8. The number of anilines is 1. The Balaban J connectivity index is 1.71. The average molecular weight is 360 g/mol. The lowest BCUT2D eigenvalue weighted by Crippen LogP contribution is -1.98. The highest BCUT2D eigenvalue weighted by atomic mass is 19.1. The third-order valence-electron chi connectivity index (χ3n) is 3.98. The molecule has 0 radical (unpaired) electrons. The predicted octanol–water partition coefficient (Wildman–Crippen LogP) is 6.15. The molecule has 2 rings (SSSR count). The molecule has 0 aliphatic heterocycles. The third-order valence-corrected chi connectivity index (χ3v) is 3.98. The molecule has 0 amide bonds. The van der Waals surface area contributed by atoms with Crippen molar-refractivity contribution in [1.82, 2.24) is 0 Å². The second-order valence-corrected chi connectivity index (χ2v) is 6.18. The van der Waals surface area contributed by atoms with E-state index < -0.39 is 11.6 Å². The quantitative estimate of drug-likeness (QED) is 0.296. The van der Waals surface area contributed by atoms with Crippen molar-refractivity contribution in [2.45, 2.75) is 45.4 Å². The van der Waals surface area contributed by atoms with Gasteiger partial charge in [-0.1, -0.05) is 39.0 Å². The number of ether oxygens (including phenoxy) is 1. The smallest absolute Gasteiger partial charge is 0.151 e. The summed E-state index contributed by atoms with van der Waals surface area (Å²) in [5.41, 5.74) is 3.54. The molecule has 0 aliphatic rings. The van der Waals surface area contributed by atoms with E-state index in [0.29, 0.717) is 0 Å². The third kappa shape index (κ3) is 7.21. The summed E-state index contributed by atoms with van der Waals surface area (Å²) >= 11 is 0. The second-order valence-electron chi connectivity index (χ2n) is 6.18. The first-order chi connectivity index (χ1) is 12.7. The van der Waals surface area contributed by atoms with Crippen LogP contribution in [0, 0.1) is 11.6 Å². The zero-order valence-corrected chi connectivity index (χ0v) is 15.2. The van der Waals surface area contributed by atoms with Gasteiger partial charge in [0.2, 0.25) is 0 Å². The molecule has 0 aromatic heterocycles. The summed E-state index contributed by atoms with van der Waals surface area (Å²) in [5.74, 6) is -0.470. The molecule has 0 spiro atoms. The number of halogens is 2. The van der Waals surface area contributed by atoms with Gasteiger partial charge in [0, 0.05) is 6.07 Å². The molecule has 0 fully saturated rings. The van der Waals surface area contributed by atoms with E-state index in [4.69, 9.17) is 4.74 Å². The van der Waals surface area contributed by atoms with E-state index in [0.717, 1.165) is 30.4 Å². The summed E-state index contributed by atoms with van der Waals surface area (Å²) in [4.78, 5) is 0. The van der Waals surface area contributed by atoms with Crippen molar-refractivity contribution < 1.29 is 13.5 Å². The maximum absolute atomic E-state index is 13.5. The molecule has 26 heavy (non-hydrogen) atoms. The molecule has 2 aromatic rings. The molecule has 0 aliphatic carbocycles. The first-order valence-corrected chi connectivity index (χ1v) is 9.16. The average Bonchev–Trinajstić information content (AvgIpc) is 2.64. The van der Waals surface area contributed by atoms with E-state index in [2.05, 4.69) is 17.5 Å². The standard InChI is InChI=1S/C21H26F2N2O/c1-2-3-4-5-6-7-14-26-19-11-8-17(9-12-19)16-24-25-21-13-10-18(22)15-20(21)23/h8-13,15-16,25H,2-7,14H2,1H3/b24-16-. The van der Waals surface area contributed by atoms with Crippen molar-refractivity contribution in [3.63, 3.8) is 0 Å². The normalized spacial score (nSPS) is 11.0. The van der Waals surface area contributed by atoms with Gasteiger partial charge in [0.25, 0.3) is 0 Å². The molecular formula is C21H26F2N2O. The van der Waals surface area contributed by atoms with Crippen molar-refractivity contribution >= 4 is 11.9 Å². The van der Waals surface area contributed by atoms with Gasteiger partial charge in [0.15, 0.2) is 5.82 Å². The number of nitrogens with one attached hydrogen (secondary N) is 1. The van der Waals surface area contributed by atoms with E-state index in [-0.39, 0.29) is 5.69 Å². The van der Waals surface area contributed by atoms with Crippen molar-refractivity contribution in [2.24, 2.45) is 5.10 Å². The summed E-state index contributed by atoms with van der Waals surface area (Å²) in [6.45, 7) is 2.94. The number of hydrazone groups is 1. The van der Waals surface area contributed by atoms with Crippen LogP contribution in [-0.4, -0.2) is 12.8 Å². The van der Waals surface area contributed by atoms with Gasteiger partial charge >= 0.3 is 0 Å². The van der Waals surface area contributed by atoms with Crippen LogP contribution in [0.2, 0.25) is 0 Å². The maximum atomic E-state index is 13.5. The monoisotopic (exact) mass is 360 g/mol. The number of benzene rings is 2. The molecule has 2 aromatic carbocycles. The van der Waals surface area contributed by atoms with E-state index >= 15 is 0 Å². The van der Waals surface area contributed by atoms with E-state index in [1.54, 1.807) is 6.21 Å². The number of hydrogen-bond donors (Lipinski definition) is 1. The minimum Gasteiger partial charge on any atom is -0.494 e. The molecule has 1 N–H and O–H groups in total. The van der Waals surface area contributed by atoms with E-state index in [1.807, 2.05) is 24.3 Å². The fraction of sp³-hybridized carbons (Fsp3) is 0.381. The first kappa shape index (κ1) is 19.9. The van der Waals surface area contributed by atoms with Crippen molar-refractivity contribution in [1.29, 1.82) is 0 Å². The Hall–Kier alpha value is -2.43. The molecule has 0 heterocycles. The zero-order chi connectivity index (χ0) is 18.6. The molecule has 0 saturated carbocycles. The highest BCUT2D eigenvalue weighted by Gasteiger charge is 2.01. The van der Waals surface area contributed by atoms with E-state index in [9.17, 15) is 8.78 Å². The van der Waals surface area contributed by atoms with Gasteiger partial charge in [-0.2, -0.15) is 5.10 Å². The van der Waals surface area contributed by atoms with Gasteiger partial charge in [-0.25, -0.2) is 8.78 Å². The molecule has 3 nitrogen and oxygen atoms in total. The first-order valence-electron chi connectivity index (χ1n) is 9.16. The van der Waals surface area contributed by atoms with Crippen LogP contribution < -0.4 is 10.2 Å². The molecule has 140 valence electrons. The van der Waals surface area contributed by atoms with Crippen molar-refractivity contribution in [3.05, 3.63) is 59.7 Å². The SMILES string of the molecule is CCCCCCCCOc1ccc(/C=N\Nc2ccc(F)cc2F)cc1. The Morgan fingerprint density at radius 1 is 0.962 bits per heavy atom. The highest BCUT2D eigenvalue weighted by molar-refractivity contribution is 5.80. The summed E-state index contributed by atoms with van der Waals surface area (Å²) in [7, 11) is 0. The van der Waals surface area contributed by atoms with Crippen LogP contribution in [0.4, 0.5) is 14.5 Å². The van der Waals surface area contributed by atoms with Gasteiger partial charge in [-0.05, 0) is 48.4 Å². The number of nitrogens with zero attached hydrogens (tertiary/aromatic N) is 1. The lowest BCUT2D eigenvalue weighted by atomic mass is 10.1. The fourth-order valence-corrected chi connectivity index (χ4v) is 2.48. The number of unbranched alkanes of at least 4 members (excludes halogenated alkanes) is 5. The minimum atomic E-state index is -0.680. The Morgan fingerprint density at radius 2 is 1.69 bits per heavy atom. The molecule has 0 bridgehead atoms. The van der Waals surface area contributed by atoms with Gasteiger partial charge in [0.1, 0.15) is 11.6 Å². The second kappa shape index (κ2) is 11.2. The van der Waals surface area contributed by atoms with Crippen LogP contribution in [0.15, 0.2) is 47.6 Å². The van der Waals surface area contributed by atoms with Crippen LogP contribution >= 0.6 is 0 Å². The molecule has 0 unspecified atom stereocenters. The molecule has 5 heteroatoms. The lowest BCUT2D eigenvalue weighted by molar-refractivity contribution is 0.304. The van der Waals surface area contributed by atoms with Gasteiger partial charge < -0.3 is 4.74 Å². The zero-order valence-electron chi connectivity index (χ0n) is 15.2. The van der Waals surface area contributed by atoms with Crippen LogP contribution in [0.5, 0.6) is 5.75 Å². The topological polar surface area (TPSA) is 33.6 Å². The predicted molar refractivity (Wildman–Crippen MR) is 103 cm³/mol. The van der Waals surface area contributed by atoms with Crippen molar-refractivity contribution in [3.8, 4) is 5.75 Å². The highest BCUT2D eigenvalue weighted by Crippen LogP contribution is 2.15. The Bertz CT molecular complexity index is 687. The molecular weight excluding hydrogens is 334 g/mol. The summed E-state index contributed by atoms with van der Waals surface area (Å²) < 4.78 is 32.0. The summed E-state index contributed by atoms with van der Waals surface area (Å²) in [5, 5.41) is 3.96. The van der Waals surface area contributed by atoms with Gasteiger partial charge in [0.05, 0.1) is 18.5 Å². The van der Waals surface area contributed by atoms with Crippen LogP contribution in [0.1, 0.15) is 51.0 Å². The molecule has 0 atom stereocenters. The van der Waals surface area contributed by atoms with E-state index in [1.165, 1.54) is 44.2 Å². The number of rotatable bonds is 11. The van der Waals surface area contributed by atoms with Gasteiger partial charge in [-0.3, -0.25) is 5.43 Å².